The number of hydrogen-bond acceptors (Lipinski definition) is 5. The van der Waals surface area contributed by atoms with Crippen molar-refractivity contribution in [2.24, 2.45) is 0 Å². The van der Waals surface area contributed by atoms with Crippen molar-refractivity contribution in [1.29, 1.82) is 0 Å². The molecule has 0 radical (unpaired) electrons. The lowest BCUT2D eigenvalue weighted by molar-refractivity contribution is 0.0212. The van der Waals surface area contributed by atoms with Crippen LogP contribution in [0.4, 0.5) is 5.95 Å². The highest BCUT2D eigenvalue weighted by atomic mass is 35.5. The number of halogens is 1. The van der Waals surface area contributed by atoms with Gasteiger partial charge in [0, 0.05) is 29.9 Å². The number of benzene rings is 3. The molecule has 1 saturated heterocycles. The van der Waals surface area contributed by atoms with Crippen LogP contribution in [0.25, 0.3) is 11.3 Å². The lowest BCUT2D eigenvalue weighted by Crippen LogP contribution is -2.47. The fourth-order valence-corrected chi connectivity index (χ4v) is 4.92. The largest absolute Gasteiger partial charge is 0.386 e. The Labute approximate surface area is 222 Å². The standard InChI is InChI=1S/C30H29ClN4O2/c31-24-16-14-22(15-17-24)27-25(20-33-30(34-27)32-19-21-9-3-1-4-10-21)29(37)35-18-8-7-13-26(35)28(36)23-11-5-2-6-12-23/h1-6,9-12,14-17,20,26,28,36H,7-8,13,18-19H2,(H,32,33,34). The summed E-state index contributed by atoms with van der Waals surface area (Å²) in [5.41, 5.74) is 3.62. The van der Waals surface area contributed by atoms with E-state index in [0.717, 1.165) is 36.0 Å². The zero-order valence-electron chi connectivity index (χ0n) is 20.4. The molecule has 1 amide bonds. The van der Waals surface area contributed by atoms with Crippen LogP contribution >= 0.6 is 11.6 Å². The van der Waals surface area contributed by atoms with Gasteiger partial charge in [0.05, 0.1) is 23.4 Å². The number of anilines is 1. The highest BCUT2D eigenvalue weighted by Gasteiger charge is 2.34. The minimum atomic E-state index is -0.767. The molecule has 0 aliphatic carbocycles. The maximum Gasteiger partial charge on any atom is 0.258 e. The van der Waals surface area contributed by atoms with E-state index in [-0.39, 0.29) is 11.9 Å². The molecule has 0 spiro atoms. The summed E-state index contributed by atoms with van der Waals surface area (Å²) in [6, 6.07) is 26.5. The molecule has 2 N–H and O–H groups in total. The normalized spacial score (nSPS) is 16.3. The summed E-state index contributed by atoms with van der Waals surface area (Å²) in [4.78, 5) is 25.0. The van der Waals surface area contributed by atoms with Crippen LogP contribution < -0.4 is 5.32 Å². The molecule has 2 unspecified atom stereocenters. The number of hydrogen-bond donors (Lipinski definition) is 2. The molecule has 1 aliphatic rings. The van der Waals surface area contributed by atoms with Gasteiger partial charge in [-0.1, -0.05) is 84.4 Å². The average Bonchev–Trinajstić information content (AvgIpc) is 2.96. The van der Waals surface area contributed by atoms with Crippen LogP contribution in [0, 0.1) is 0 Å². The van der Waals surface area contributed by atoms with Gasteiger partial charge in [-0.15, -0.1) is 0 Å². The van der Waals surface area contributed by atoms with Crippen LogP contribution in [0.1, 0.15) is 46.9 Å². The Kier molecular flexibility index (Phi) is 7.78. The first-order valence-electron chi connectivity index (χ1n) is 12.5. The van der Waals surface area contributed by atoms with Gasteiger partial charge in [0.25, 0.3) is 5.91 Å². The van der Waals surface area contributed by atoms with Crippen molar-refractivity contribution in [2.75, 3.05) is 11.9 Å². The smallest absolute Gasteiger partial charge is 0.258 e. The first-order chi connectivity index (χ1) is 18.1. The molecule has 188 valence electrons. The van der Waals surface area contributed by atoms with Gasteiger partial charge in [0.1, 0.15) is 0 Å². The molecular formula is C30H29ClN4O2. The van der Waals surface area contributed by atoms with Crippen LogP contribution in [-0.2, 0) is 6.54 Å². The average molecular weight is 513 g/mol. The number of piperidine rings is 1. The van der Waals surface area contributed by atoms with Crippen molar-refractivity contribution in [3.8, 4) is 11.3 Å². The van der Waals surface area contributed by atoms with Gasteiger partial charge in [0.15, 0.2) is 0 Å². The highest BCUT2D eigenvalue weighted by Crippen LogP contribution is 2.32. The van der Waals surface area contributed by atoms with Crippen molar-refractivity contribution < 1.29 is 9.90 Å². The fraction of sp³-hybridized carbons (Fsp3) is 0.233. The molecule has 7 heteroatoms. The predicted octanol–water partition coefficient (Wildman–Crippen LogP) is 6.14. The van der Waals surface area contributed by atoms with Crippen molar-refractivity contribution in [3.63, 3.8) is 0 Å². The second-order valence-corrected chi connectivity index (χ2v) is 9.66. The molecule has 0 bridgehead atoms. The summed E-state index contributed by atoms with van der Waals surface area (Å²) in [6.07, 6.45) is 3.40. The SMILES string of the molecule is O=C(c1cnc(NCc2ccccc2)nc1-c1ccc(Cl)cc1)N1CCCCC1C(O)c1ccccc1. The molecule has 1 aliphatic heterocycles. The lowest BCUT2D eigenvalue weighted by atomic mass is 9.92. The fourth-order valence-electron chi connectivity index (χ4n) is 4.79. The second kappa shape index (κ2) is 11.5. The minimum Gasteiger partial charge on any atom is -0.386 e. The number of likely N-dealkylation sites (tertiary alicyclic amines) is 1. The number of aromatic nitrogens is 2. The molecule has 37 heavy (non-hydrogen) atoms. The summed E-state index contributed by atoms with van der Waals surface area (Å²) >= 11 is 6.14. The number of nitrogens with zero attached hydrogens (tertiary/aromatic N) is 3. The quantitative estimate of drug-likeness (QED) is 0.311. The number of aliphatic hydroxyl groups is 1. The number of nitrogens with one attached hydrogen (secondary N) is 1. The number of carbonyl (C=O) groups is 1. The van der Waals surface area contributed by atoms with E-state index in [1.807, 2.05) is 72.8 Å². The molecule has 2 heterocycles. The molecular weight excluding hydrogens is 484 g/mol. The van der Waals surface area contributed by atoms with E-state index >= 15 is 0 Å². The van der Waals surface area contributed by atoms with Crippen LogP contribution in [0.15, 0.2) is 91.1 Å². The first kappa shape index (κ1) is 24.9. The molecule has 0 saturated carbocycles. The van der Waals surface area contributed by atoms with E-state index in [4.69, 9.17) is 16.6 Å². The summed E-state index contributed by atoms with van der Waals surface area (Å²) in [7, 11) is 0. The van der Waals surface area contributed by atoms with Crippen LogP contribution in [0.3, 0.4) is 0 Å². The Bertz CT molecular complexity index is 1330. The molecule has 6 nitrogen and oxygen atoms in total. The lowest BCUT2D eigenvalue weighted by Gasteiger charge is -2.39. The number of amides is 1. The van der Waals surface area contributed by atoms with E-state index in [9.17, 15) is 9.90 Å². The van der Waals surface area contributed by atoms with Crippen LogP contribution in [0.2, 0.25) is 5.02 Å². The summed E-state index contributed by atoms with van der Waals surface area (Å²) in [5, 5.41) is 15.1. The Morgan fingerprint density at radius 3 is 2.43 bits per heavy atom. The van der Waals surface area contributed by atoms with Crippen molar-refractivity contribution >= 4 is 23.5 Å². The van der Waals surface area contributed by atoms with Gasteiger partial charge in [-0.2, -0.15) is 0 Å². The highest BCUT2D eigenvalue weighted by molar-refractivity contribution is 6.30. The van der Waals surface area contributed by atoms with Crippen LogP contribution in [0.5, 0.6) is 0 Å². The second-order valence-electron chi connectivity index (χ2n) is 9.22. The van der Waals surface area contributed by atoms with Gasteiger partial charge < -0.3 is 15.3 Å². The zero-order valence-corrected chi connectivity index (χ0v) is 21.2. The number of aliphatic hydroxyl groups excluding tert-OH is 1. The van der Waals surface area contributed by atoms with E-state index < -0.39 is 6.10 Å². The Hall–Kier alpha value is -3.74. The monoisotopic (exact) mass is 512 g/mol. The van der Waals surface area contributed by atoms with Gasteiger partial charge >= 0.3 is 0 Å². The number of rotatable bonds is 7. The third-order valence-corrected chi connectivity index (χ3v) is 7.00. The van der Waals surface area contributed by atoms with E-state index in [1.54, 1.807) is 23.2 Å². The summed E-state index contributed by atoms with van der Waals surface area (Å²) in [6.45, 7) is 1.13. The Morgan fingerprint density at radius 1 is 1.00 bits per heavy atom. The van der Waals surface area contributed by atoms with E-state index in [2.05, 4.69) is 10.3 Å². The molecule has 3 aromatic carbocycles. The minimum absolute atomic E-state index is 0.181. The zero-order chi connectivity index (χ0) is 25.6. The van der Waals surface area contributed by atoms with Gasteiger partial charge in [-0.3, -0.25) is 4.79 Å². The number of carbonyl (C=O) groups excluding carboxylic acids is 1. The maximum atomic E-state index is 14.0. The Balaban J connectivity index is 1.47. The van der Waals surface area contributed by atoms with E-state index in [0.29, 0.717) is 35.3 Å². The molecule has 4 aromatic rings. The molecule has 5 rings (SSSR count). The van der Waals surface area contributed by atoms with Gasteiger partial charge in [-0.25, -0.2) is 9.97 Å². The Morgan fingerprint density at radius 2 is 1.70 bits per heavy atom. The molecule has 1 fully saturated rings. The third-order valence-electron chi connectivity index (χ3n) is 6.75. The van der Waals surface area contributed by atoms with Crippen LogP contribution in [-0.4, -0.2) is 38.5 Å². The van der Waals surface area contributed by atoms with Crippen molar-refractivity contribution in [2.45, 2.75) is 38.0 Å². The van der Waals surface area contributed by atoms with Crippen molar-refractivity contribution in [3.05, 3.63) is 113 Å². The predicted molar refractivity (Wildman–Crippen MR) is 146 cm³/mol. The summed E-state index contributed by atoms with van der Waals surface area (Å²) in [5.74, 6) is 0.254. The molecule has 1 aromatic heterocycles. The molecule has 2 atom stereocenters. The first-order valence-corrected chi connectivity index (χ1v) is 12.9. The van der Waals surface area contributed by atoms with E-state index in [1.165, 1.54) is 0 Å². The van der Waals surface area contributed by atoms with Gasteiger partial charge in [-0.05, 0) is 42.5 Å². The van der Waals surface area contributed by atoms with Gasteiger partial charge in [0.2, 0.25) is 5.95 Å². The summed E-state index contributed by atoms with van der Waals surface area (Å²) < 4.78 is 0. The maximum absolute atomic E-state index is 14.0. The van der Waals surface area contributed by atoms with Crippen molar-refractivity contribution in [1.82, 2.24) is 14.9 Å². The topological polar surface area (TPSA) is 78.4 Å². The third kappa shape index (κ3) is 5.82.